The predicted octanol–water partition coefficient (Wildman–Crippen LogP) is 4.06. The van der Waals surface area contributed by atoms with E-state index in [2.05, 4.69) is 4.98 Å². The lowest BCUT2D eigenvalue weighted by Crippen LogP contribution is -2.21. The highest BCUT2D eigenvalue weighted by molar-refractivity contribution is 7.81. The lowest BCUT2D eigenvalue weighted by molar-refractivity contribution is 0.0703. The summed E-state index contributed by atoms with van der Waals surface area (Å²) in [5, 5.41) is 9.58. The molecule has 0 saturated carbocycles. The van der Waals surface area contributed by atoms with E-state index in [1.54, 1.807) is 49.5 Å². The van der Waals surface area contributed by atoms with E-state index in [4.69, 9.17) is 0 Å². The maximum Gasteiger partial charge on any atom is 0.348 e. The summed E-state index contributed by atoms with van der Waals surface area (Å²) in [7, 11) is 0. The second kappa shape index (κ2) is 7.36. The summed E-state index contributed by atoms with van der Waals surface area (Å²) in [5.41, 5.74) is 2.79. The summed E-state index contributed by atoms with van der Waals surface area (Å²) in [6.07, 6.45) is 1.68. The number of aromatic nitrogens is 1. The average Bonchev–Trinajstić information content (AvgIpc) is 3.02. The van der Waals surface area contributed by atoms with Crippen LogP contribution in [0.4, 0.5) is 11.4 Å². The highest BCUT2D eigenvalue weighted by Crippen LogP contribution is 2.40. The number of carbonyl (C=O) groups is 1. The second-order valence-corrected chi connectivity index (χ2v) is 7.50. The van der Waals surface area contributed by atoms with Crippen molar-refractivity contribution in [1.29, 1.82) is 0 Å². The number of carboxylic acid groups (broad SMARTS) is 1. The van der Waals surface area contributed by atoms with E-state index in [9.17, 15) is 18.7 Å². The van der Waals surface area contributed by atoms with Crippen LogP contribution in [0.1, 0.15) is 20.8 Å². The van der Waals surface area contributed by atoms with Crippen LogP contribution < -0.4 is 4.31 Å². The summed E-state index contributed by atoms with van der Waals surface area (Å²) in [5.74, 6) is -1.19. The molecule has 0 radical (unpaired) electrons. The number of anilines is 2. The zero-order valence-corrected chi connectivity index (χ0v) is 15.6. The Balaban J connectivity index is 2.18. The Hall–Kier alpha value is -2.55. The highest BCUT2D eigenvalue weighted by Gasteiger charge is 2.24. The summed E-state index contributed by atoms with van der Waals surface area (Å²) in [6, 6.07) is 12.1. The monoisotopic (exact) mass is 387 g/mol. The quantitative estimate of drug-likeness (QED) is 0.667. The number of hydrogen-bond acceptors (Lipinski definition) is 5. The van der Waals surface area contributed by atoms with E-state index < -0.39 is 17.2 Å². The Morgan fingerprint density at radius 2 is 1.92 bits per heavy atom. The molecule has 3 rings (SSSR count). The van der Waals surface area contributed by atoms with Gasteiger partial charge in [0, 0.05) is 6.20 Å². The molecule has 0 amide bonds. The van der Waals surface area contributed by atoms with Crippen LogP contribution in [0.15, 0.2) is 48.7 Å². The molecular weight excluding hydrogens is 372 g/mol. The normalized spacial score (nSPS) is 12.0. The van der Waals surface area contributed by atoms with Gasteiger partial charge in [0.05, 0.1) is 33.2 Å². The van der Waals surface area contributed by atoms with Crippen molar-refractivity contribution in [3.63, 3.8) is 0 Å². The first-order valence-electron chi connectivity index (χ1n) is 7.63. The molecule has 134 valence electrons. The van der Waals surface area contributed by atoms with Gasteiger partial charge in [-0.3, -0.25) is 13.5 Å². The number of nitrogens with zero attached hydrogens (tertiary/aromatic N) is 2. The molecule has 26 heavy (non-hydrogen) atoms. The minimum absolute atomic E-state index is 0.0603. The highest BCUT2D eigenvalue weighted by atomic mass is 32.2. The van der Waals surface area contributed by atoms with Crippen LogP contribution in [0.2, 0.25) is 0 Å². The van der Waals surface area contributed by atoms with E-state index in [0.29, 0.717) is 21.8 Å². The zero-order valence-electron chi connectivity index (χ0n) is 14.0. The Labute approximate surface area is 157 Å². The van der Waals surface area contributed by atoms with Crippen molar-refractivity contribution >= 4 is 39.9 Å². The predicted molar refractivity (Wildman–Crippen MR) is 101 cm³/mol. The summed E-state index contributed by atoms with van der Waals surface area (Å²) in [6.45, 7) is 3.67. The van der Waals surface area contributed by atoms with Crippen molar-refractivity contribution in [2.45, 2.75) is 13.8 Å². The number of benzene rings is 1. The molecule has 3 aromatic rings. The van der Waals surface area contributed by atoms with Crippen LogP contribution in [0.5, 0.6) is 0 Å². The largest absolute Gasteiger partial charge is 0.755 e. The molecule has 8 heteroatoms. The molecular formula is C18H15N2O4S2-. The van der Waals surface area contributed by atoms with E-state index in [0.717, 1.165) is 21.2 Å². The van der Waals surface area contributed by atoms with E-state index >= 15 is 0 Å². The van der Waals surface area contributed by atoms with Gasteiger partial charge in [-0.2, -0.15) is 0 Å². The first-order chi connectivity index (χ1) is 12.4. The number of rotatable bonds is 5. The van der Waals surface area contributed by atoms with Crippen LogP contribution in [0.3, 0.4) is 0 Å². The molecule has 0 saturated heterocycles. The molecule has 6 nitrogen and oxygen atoms in total. The minimum atomic E-state index is -2.68. The molecule has 0 aliphatic carbocycles. The third-order valence-electron chi connectivity index (χ3n) is 3.77. The van der Waals surface area contributed by atoms with Crippen molar-refractivity contribution < 1.29 is 18.7 Å². The maximum atomic E-state index is 11.9. The van der Waals surface area contributed by atoms with Crippen LogP contribution in [0.25, 0.3) is 10.6 Å². The molecule has 0 spiro atoms. The number of para-hydroxylation sites is 1. The summed E-state index contributed by atoms with van der Waals surface area (Å²) < 4.78 is 24.9. The van der Waals surface area contributed by atoms with Gasteiger partial charge >= 0.3 is 5.97 Å². The van der Waals surface area contributed by atoms with Gasteiger partial charge in [-0.1, -0.05) is 24.3 Å². The number of carboxylic acids is 1. The Morgan fingerprint density at radius 3 is 2.50 bits per heavy atom. The van der Waals surface area contributed by atoms with E-state index in [1.165, 1.54) is 0 Å². The molecule has 0 bridgehead atoms. The van der Waals surface area contributed by atoms with Gasteiger partial charge in [0.15, 0.2) is 0 Å². The molecule has 2 aromatic heterocycles. The Kier molecular flexibility index (Phi) is 5.17. The third-order valence-corrected chi connectivity index (χ3v) is 5.60. The maximum absolute atomic E-state index is 11.9. The number of thiophene rings is 1. The van der Waals surface area contributed by atoms with E-state index in [-0.39, 0.29) is 10.6 Å². The Morgan fingerprint density at radius 1 is 1.19 bits per heavy atom. The molecule has 1 unspecified atom stereocenters. The zero-order chi connectivity index (χ0) is 18.8. The molecule has 0 aliphatic rings. The lowest BCUT2D eigenvalue weighted by atomic mass is 10.2. The van der Waals surface area contributed by atoms with Crippen molar-refractivity contribution in [2.24, 2.45) is 0 Å². The molecule has 1 aromatic carbocycles. The third kappa shape index (κ3) is 3.52. The number of aryl methyl sites for hydroxylation is 2. The fourth-order valence-electron chi connectivity index (χ4n) is 2.51. The standard InChI is InChI=1S/C18H16N2O4S2/c1-11-7-8-13(19-10-11)16-9-15(17(25-16)18(21)22)20(26(23)24)14-6-4-3-5-12(14)2/h3-10H,1-2H3,(H,21,22)(H,23,24)/p-1. The van der Waals surface area contributed by atoms with E-state index in [1.807, 2.05) is 13.0 Å². The van der Waals surface area contributed by atoms with Gasteiger partial charge in [0.25, 0.3) is 0 Å². The topological polar surface area (TPSA) is 93.6 Å². The van der Waals surface area contributed by atoms with Gasteiger partial charge in [-0.25, -0.2) is 4.79 Å². The van der Waals surface area contributed by atoms with Gasteiger partial charge in [-0.15, -0.1) is 11.3 Å². The average molecular weight is 387 g/mol. The fraction of sp³-hybridized carbons (Fsp3) is 0.111. The number of aromatic carboxylic acids is 1. The molecule has 1 N–H and O–H groups in total. The number of hydrogen-bond donors (Lipinski definition) is 1. The van der Waals surface area contributed by atoms with Crippen LogP contribution in [-0.2, 0) is 11.3 Å². The van der Waals surface area contributed by atoms with Crippen LogP contribution in [0, 0.1) is 13.8 Å². The van der Waals surface area contributed by atoms with Crippen molar-refractivity contribution in [1.82, 2.24) is 4.98 Å². The first kappa shape index (κ1) is 18.2. The molecule has 1 atom stereocenters. The van der Waals surface area contributed by atoms with Gasteiger partial charge in [-0.05, 0) is 43.2 Å². The van der Waals surface area contributed by atoms with Crippen molar-refractivity contribution in [3.8, 4) is 10.6 Å². The van der Waals surface area contributed by atoms with Crippen molar-refractivity contribution in [3.05, 3.63) is 64.7 Å². The van der Waals surface area contributed by atoms with Gasteiger partial charge in [0.1, 0.15) is 4.88 Å². The molecule has 0 aliphatic heterocycles. The minimum Gasteiger partial charge on any atom is -0.755 e. The first-order valence-corrected chi connectivity index (χ1v) is 9.48. The van der Waals surface area contributed by atoms with Gasteiger partial charge in [0.2, 0.25) is 0 Å². The van der Waals surface area contributed by atoms with Crippen LogP contribution in [-0.4, -0.2) is 24.8 Å². The molecule has 0 fully saturated rings. The SMILES string of the molecule is Cc1ccc(-c2cc(N(c3ccccc3C)S(=O)[O-])c(C(=O)O)s2)nc1. The summed E-state index contributed by atoms with van der Waals surface area (Å²) in [4.78, 5) is 16.6. The van der Waals surface area contributed by atoms with Crippen LogP contribution >= 0.6 is 11.3 Å². The Bertz CT molecular complexity index is 983. The van der Waals surface area contributed by atoms with Gasteiger partial charge < -0.3 is 9.66 Å². The molecule has 2 heterocycles. The van der Waals surface area contributed by atoms with Crippen molar-refractivity contribution in [2.75, 3.05) is 4.31 Å². The summed E-state index contributed by atoms with van der Waals surface area (Å²) >= 11 is -1.69. The number of pyridine rings is 1. The second-order valence-electron chi connectivity index (χ2n) is 5.65. The smallest absolute Gasteiger partial charge is 0.348 e. The fourth-order valence-corrected chi connectivity index (χ4v) is 4.19. The lowest BCUT2D eigenvalue weighted by Gasteiger charge is -2.27.